The molecule has 0 spiro atoms. The highest BCUT2D eigenvalue weighted by molar-refractivity contribution is 7.15. The highest BCUT2D eigenvalue weighted by Crippen LogP contribution is 2.17. The van der Waals surface area contributed by atoms with E-state index in [9.17, 15) is 9.59 Å². The first kappa shape index (κ1) is 18.2. The number of para-hydroxylation sites is 2. The molecule has 0 saturated heterocycles. The number of nitrogens with one attached hydrogen (secondary N) is 2. The van der Waals surface area contributed by atoms with Gasteiger partial charge in [0.05, 0.1) is 11.0 Å². The van der Waals surface area contributed by atoms with Crippen LogP contribution in [0.3, 0.4) is 0 Å². The van der Waals surface area contributed by atoms with Crippen LogP contribution in [0.4, 0.5) is 5.13 Å². The van der Waals surface area contributed by atoms with Crippen molar-refractivity contribution in [3.05, 3.63) is 45.3 Å². The van der Waals surface area contributed by atoms with E-state index in [4.69, 9.17) is 0 Å². The Morgan fingerprint density at radius 1 is 1.19 bits per heavy atom. The second kappa shape index (κ2) is 8.66. The van der Waals surface area contributed by atoms with E-state index in [1.54, 1.807) is 6.07 Å². The molecule has 1 amide bonds. The first-order valence-corrected chi connectivity index (χ1v) is 9.57. The average molecular weight is 371 g/mol. The zero-order valence-electron chi connectivity index (χ0n) is 14.6. The number of rotatable bonds is 8. The van der Waals surface area contributed by atoms with E-state index in [0.29, 0.717) is 21.9 Å². The molecule has 0 saturated carbocycles. The summed E-state index contributed by atoms with van der Waals surface area (Å²) in [5.41, 5.74) is 1.50. The molecule has 0 aliphatic heterocycles. The Morgan fingerprint density at radius 2 is 2.04 bits per heavy atom. The van der Waals surface area contributed by atoms with E-state index < -0.39 is 0 Å². The van der Waals surface area contributed by atoms with Gasteiger partial charge in [-0.25, -0.2) is 4.98 Å². The summed E-state index contributed by atoms with van der Waals surface area (Å²) in [5, 5.41) is 12.3. The molecule has 2 aromatic heterocycles. The molecule has 2 N–H and O–H groups in total. The van der Waals surface area contributed by atoms with E-state index >= 15 is 0 Å². The van der Waals surface area contributed by atoms with Crippen molar-refractivity contribution in [3.63, 3.8) is 0 Å². The Morgan fingerprint density at radius 3 is 2.88 bits per heavy atom. The monoisotopic (exact) mass is 371 g/mol. The summed E-state index contributed by atoms with van der Waals surface area (Å²) in [6, 6.07) is 7.33. The molecular formula is C18H21N5O2S. The fourth-order valence-electron chi connectivity index (χ4n) is 2.58. The fraction of sp³-hybridized carbons (Fsp3) is 0.389. The zero-order valence-corrected chi connectivity index (χ0v) is 15.4. The molecule has 3 aromatic rings. The molecule has 0 aliphatic carbocycles. The van der Waals surface area contributed by atoms with Crippen molar-refractivity contribution < 1.29 is 4.79 Å². The van der Waals surface area contributed by atoms with Crippen molar-refractivity contribution in [2.24, 2.45) is 0 Å². The number of carbonyl (C=O) groups is 1. The van der Waals surface area contributed by atoms with Gasteiger partial charge >= 0.3 is 0 Å². The lowest BCUT2D eigenvalue weighted by atomic mass is 10.2. The maximum atomic E-state index is 12.1. The van der Waals surface area contributed by atoms with Crippen LogP contribution in [0, 0.1) is 0 Å². The van der Waals surface area contributed by atoms with Crippen molar-refractivity contribution >= 4 is 33.4 Å². The van der Waals surface area contributed by atoms with Crippen molar-refractivity contribution in [1.29, 1.82) is 0 Å². The van der Waals surface area contributed by atoms with Gasteiger partial charge in [-0.1, -0.05) is 43.2 Å². The van der Waals surface area contributed by atoms with Gasteiger partial charge in [0.1, 0.15) is 10.7 Å². The maximum absolute atomic E-state index is 12.1. The van der Waals surface area contributed by atoms with Crippen LogP contribution < -0.4 is 10.9 Å². The predicted octanol–water partition coefficient (Wildman–Crippen LogP) is 3.08. The molecule has 0 fully saturated rings. The molecule has 8 heteroatoms. The number of benzene rings is 1. The summed E-state index contributed by atoms with van der Waals surface area (Å²) in [4.78, 5) is 31.3. The van der Waals surface area contributed by atoms with Gasteiger partial charge in [-0.2, -0.15) is 0 Å². The zero-order chi connectivity index (χ0) is 18.4. The molecule has 0 aliphatic rings. The number of hydrogen-bond donors (Lipinski definition) is 2. The number of anilines is 1. The summed E-state index contributed by atoms with van der Waals surface area (Å²) in [6.45, 7) is 2.15. The Balaban J connectivity index is 1.56. The molecule has 0 radical (unpaired) electrons. The average Bonchev–Trinajstić information content (AvgIpc) is 3.07. The number of hydrogen-bond acceptors (Lipinski definition) is 6. The molecule has 136 valence electrons. The summed E-state index contributed by atoms with van der Waals surface area (Å²) < 4.78 is 0. The fourth-order valence-corrected chi connectivity index (χ4v) is 3.38. The second-order valence-electron chi connectivity index (χ2n) is 6.04. The second-order valence-corrected chi connectivity index (χ2v) is 7.10. The van der Waals surface area contributed by atoms with Crippen LogP contribution in [0.1, 0.15) is 43.3 Å². The number of amides is 1. The SMILES string of the molecule is CCCCCc1nnc(NC(=O)CCc2nc3ccccc3[nH]c2=O)s1. The van der Waals surface area contributed by atoms with Gasteiger partial charge in [0.25, 0.3) is 5.56 Å². The number of aromatic nitrogens is 4. The van der Waals surface area contributed by atoms with Crippen LogP contribution in [0.5, 0.6) is 0 Å². The van der Waals surface area contributed by atoms with E-state index in [0.717, 1.165) is 30.7 Å². The number of aryl methyl sites for hydroxylation is 2. The molecule has 26 heavy (non-hydrogen) atoms. The molecule has 2 heterocycles. The van der Waals surface area contributed by atoms with Gasteiger partial charge in [0.2, 0.25) is 11.0 Å². The van der Waals surface area contributed by atoms with Gasteiger partial charge in [0.15, 0.2) is 0 Å². The van der Waals surface area contributed by atoms with Crippen LogP contribution in [-0.2, 0) is 17.6 Å². The van der Waals surface area contributed by atoms with Crippen molar-refractivity contribution in [2.75, 3.05) is 5.32 Å². The maximum Gasteiger partial charge on any atom is 0.270 e. The number of unbranched alkanes of at least 4 members (excludes halogenated alkanes) is 2. The van der Waals surface area contributed by atoms with Crippen LogP contribution >= 0.6 is 11.3 Å². The minimum atomic E-state index is -0.259. The van der Waals surface area contributed by atoms with E-state index in [1.807, 2.05) is 18.2 Å². The number of carbonyl (C=O) groups excluding carboxylic acids is 1. The van der Waals surface area contributed by atoms with Crippen molar-refractivity contribution in [3.8, 4) is 0 Å². The van der Waals surface area contributed by atoms with Crippen LogP contribution in [0.25, 0.3) is 11.0 Å². The van der Waals surface area contributed by atoms with Gasteiger partial charge < -0.3 is 10.3 Å². The third-order valence-corrected chi connectivity index (χ3v) is 4.86. The third-order valence-electron chi connectivity index (χ3n) is 3.97. The third kappa shape index (κ3) is 4.72. The Kier molecular flexibility index (Phi) is 6.06. The van der Waals surface area contributed by atoms with Gasteiger partial charge in [-0.05, 0) is 18.6 Å². The summed E-state index contributed by atoms with van der Waals surface area (Å²) in [6.07, 6.45) is 4.72. The Labute approximate surface area is 154 Å². The quantitative estimate of drug-likeness (QED) is 0.593. The molecule has 0 unspecified atom stereocenters. The Bertz CT molecular complexity index is 950. The van der Waals surface area contributed by atoms with E-state index in [1.165, 1.54) is 11.3 Å². The van der Waals surface area contributed by atoms with E-state index in [-0.39, 0.29) is 24.3 Å². The lowest BCUT2D eigenvalue weighted by molar-refractivity contribution is -0.116. The molecule has 0 bridgehead atoms. The largest absolute Gasteiger partial charge is 0.319 e. The van der Waals surface area contributed by atoms with Crippen molar-refractivity contribution in [1.82, 2.24) is 20.2 Å². The smallest absolute Gasteiger partial charge is 0.270 e. The van der Waals surface area contributed by atoms with Gasteiger partial charge in [0, 0.05) is 19.3 Å². The standard InChI is InChI=1S/C18H21N5O2S/c1-2-3-4-9-16-22-23-18(26-16)21-15(24)11-10-14-17(25)20-13-8-6-5-7-12(13)19-14/h5-8H,2-4,9-11H2,1H3,(H,20,25)(H,21,23,24). The number of fused-ring (bicyclic) bond motifs is 1. The number of nitrogens with zero attached hydrogens (tertiary/aromatic N) is 3. The minimum Gasteiger partial charge on any atom is -0.319 e. The highest BCUT2D eigenvalue weighted by atomic mass is 32.1. The topological polar surface area (TPSA) is 101 Å². The van der Waals surface area contributed by atoms with Gasteiger partial charge in [-0.15, -0.1) is 10.2 Å². The number of H-pyrrole nitrogens is 1. The molecular weight excluding hydrogens is 350 g/mol. The normalized spacial score (nSPS) is 11.0. The van der Waals surface area contributed by atoms with Gasteiger partial charge in [-0.3, -0.25) is 9.59 Å². The molecule has 1 aromatic carbocycles. The van der Waals surface area contributed by atoms with E-state index in [2.05, 4.69) is 32.4 Å². The summed E-state index contributed by atoms with van der Waals surface area (Å²) >= 11 is 1.40. The number of aromatic amines is 1. The lowest BCUT2D eigenvalue weighted by Crippen LogP contribution is -2.18. The predicted molar refractivity (Wildman–Crippen MR) is 102 cm³/mol. The van der Waals surface area contributed by atoms with Crippen molar-refractivity contribution in [2.45, 2.75) is 45.4 Å². The minimum absolute atomic E-state index is 0.166. The first-order chi connectivity index (χ1) is 12.7. The molecule has 3 rings (SSSR count). The lowest BCUT2D eigenvalue weighted by Gasteiger charge is -2.03. The molecule has 7 nitrogen and oxygen atoms in total. The highest BCUT2D eigenvalue weighted by Gasteiger charge is 2.11. The summed E-state index contributed by atoms with van der Waals surface area (Å²) in [5.74, 6) is -0.199. The van der Waals surface area contributed by atoms with Crippen LogP contribution in [0.2, 0.25) is 0 Å². The molecule has 0 atom stereocenters. The summed E-state index contributed by atoms with van der Waals surface area (Å²) in [7, 11) is 0. The van der Waals surface area contributed by atoms with Crippen LogP contribution in [-0.4, -0.2) is 26.1 Å². The first-order valence-electron chi connectivity index (χ1n) is 8.76. The van der Waals surface area contributed by atoms with Crippen LogP contribution in [0.15, 0.2) is 29.1 Å². The Hall–Kier alpha value is -2.61.